The summed E-state index contributed by atoms with van der Waals surface area (Å²) in [5.41, 5.74) is 4.07. The van der Waals surface area contributed by atoms with Crippen LogP contribution >= 0.6 is 0 Å². The van der Waals surface area contributed by atoms with Crippen molar-refractivity contribution in [3.63, 3.8) is 0 Å². The van der Waals surface area contributed by atoms with Gasteiger partial charge in [0.2, 0.25) is 11.8 Å². The van der Waals surface area contributed by atoms with Crippen LogP contribution in [0.4, 0.5) is 4.39 Å². The van der Waals surface area contributed by atoms with Crippen molar-refractivity contribution in [3.8, 4) is 0 Å². The SMILES string of the molecule is CC(C)N(CC(=O)N(Cc1ccccc1)Cc1cccn1Cc1ccc(F)cc1)C(=O)CCc1ccccc1. The predicted octanol–water partition coefficient (Wildman–Crippen LogP) is 6.07. The summed E-state index contributed by atoms with van der Waals surface area (Å²) >= 11 is 0. The highest BCUT2D eigenvalue weighted by Crippen LogP contribution is 2.16. The molecule has 5 nitrogen and oxygen atoms in total. The van der Waals surface area contributed by atoms with Crippen molar-refractivity contribution in [1.29, 1.82) is 0 Å². The van der Waals surface area contributed by atoms with E-state index in [1.165, 1.54) is 12.1 Å². The molecule has 0 saturated carbocycles. The lowest BCUT2D eigenvalue weighted by Gasteiger charge is -2.30. The number of carbonyl (C=O) groups is 2. The number of carbonyl (C=O) groups excluding carboxylic acids is 2. The summed E-state index contributed by atoms with van der Waals surface area (Å²) < 4.78 is 15.5. The van der Waals surface area contributed by atoms with Gasteiger partial charge in [0.25, 0.3) is 0 Å². The largest absolute Gasteiger partial charge is 0.345 e. The first-order valence-electron chi connectivity index (χ1n) is 13.4. The van der Waals surface area contributed by atoms with Crippen LogP contribution in [-0.2, 0) is 35.6 Å². The third kappa shape index (κ3) is 8.14. The highest BCUT2D eigenvalue weighted by atomic mass is 19.1. The van der Waals surface area contributed by atoms with Crippen molar-refractivity contribution in [1.82, 2.24) is 14.4 Å². The smallest absolute Gasteiger partial charge is 0.242 e. The summed E-state index contributed by atoms with van der Waals surface area (Å²) in [7, 11) is 0. The van der Waals surface area contributed by atoms with Crippen molar-refractivity contribution in [2.24, 2.45) is 0 Å². The number of benzene rings is 3. The zero-order valence-corrected chi connectivity index (χ0v) is 22.7. The van der Waals surface area contributed by atoms with Gasteiger partial charge in [-0.25, -0.2) is 4.39 Å². The van der Waals surface area contributed by atoms with Crippen LogP contribution in [0, 0.1) is 5.82 Å². The Morgan fingerprint density at radius 2 is 1.38 bits per heavy atom. The number of hydrogen-bond donors (Lipinski definition) is 0. The first-order chi connectivity index (χ1) is 18.9. The summed E-state index contributed by atoms with van der Waals surface area (Å²) in [6.45, 7) is 5.33. The Labute approximate surface area is 230 Å². The molecule has 1 aromatic heterocycles. The second kappa shape index (κ2) is 13.6. The van der Waals surface area contributed by atoms with Crippen LogP contribution in [-0.4, -0.2) is 38.8 Å². The molecule has 3 aromatic carbocycles. The van der Waals surface area contributed by atoms with E-state index in [-0.39, 0.29) is 30.2 Å². The third-order valence-corrected chi connectivity index (χ3v) is 6.83. The van der Waals surface area contributed by atoms with Crippen LogP contribution < -0.4 is 0 Å². The molecule has 39 heavy (non-hydrogen) atoms. The van der Waals surface area contributed by atoms with Gasteiger partial charge in [-0.2, -0.15) is 0 Å². The lowest BCUT2D eigenvalue weighted by molar-refractivity contribution is -0.142. The predicted molar refractivity (Wildman–Crippen MR) is 152 cm³/mol. The molecule has 2 amide bonds. The molecule has 4 aromatic rings. The van der Waals surface area contributed by atoms with E-state index in [2.05, 4.69) is 4.57 Å². The molecular weight excluding hydrogens is 489 g/mol. The maximum atomic E-state index is 13.8. The second-order valence-corrected chi connectivity index (χ2v) is 10.1. The van der Waals surface area contributed by atoms with E-state index in [0.717, 1.165) is 22.4 Å². The number of rotatable bonds is 12. The van der Waals surface area contributed by atoms with E-state index in [0.29, 0.717) is 32.5 Å². The van der Waals surface area contributed by atoms with Crippen molar-refractivity contribution < 1.29 is 14.0 Å². The van der Waals surface area contributed by atoms with Crippen molar-refractivity contribution >= 4 is 11.8 Å². The van der Waals surface area contributed by atoms with Gasteiger partial charge in [-0.15, -0.1) is 0 Å². The third-order valence-electron chi connectivity index (χ3n) is 6.83. The summed E-state index contributed by atoms with van der Waals surface area (Å²) in [4.78, 5) is 30.4. The molecule has 0 spiro atoms. The second-order valence-electron chi connectivity index (χ2n) is 10.1. The summed E-state index contributed by atoms with van der Waals surface area (Å²) in [6, 6.07) is 30.1. The van der Waals surface area contributed by atoms with Gasteiger partial charge in [-0.3, -0.25) is 9.59 Å². The minimum atomic E-state index is -0.265. The first kappa shape index (κ1) is 27.8. The first-order valence-corrected chi connectivity index (χ1v) is 13.4. The van der Waals surface area contributed by atoms with E-state index in [1.54, 1.807) is 17.0 Å². The molecule has 6 heteroatoms. The lowest BCUT2D eigenvalue weighted by atomic mass is 10.1. The number of aryl methyl sites for hydroxylation is 1. The highest BCUT2D eigenvalue weighted by Gasteiger charge is 2.24. The summed E-state index contributed by atoms with van der Waals surface area (Å²) in [5, 5.41) is 0. The molecule has 0 unspecified atom stereocenters. The maximum Gasteiger partial charge on any atom is 0.242 e. The van der Waals surface area contributed by atoms with Crippen molar-refractivity contribution in [2.75, 3.05) is 6.54 Å². The Kier molecular flexibility index (Phi) is 9.68. The monoisotopic (exact) mass is 525 g/mol. The topological polar surface area (TPSA) is 45.6 Å². The Morgan fingerprint density at radius 3 is 2.03 bits per heavy atom. The fourth-order valence-electron chi connectivity index (χ4n) is 4.61. The van der Waals surface area contributed by atoms with Gasteiger partial charge in [-0.1, -0.05) is 72.8 Å². The fraction of sp³-hybridized carbons (Fsp3) is 0.273. The number of hydrogen-bond acceptors (Lipinski definition) is 2. The molecule has 1 heterocycles. The quantitative estimate of drug-likeness (QED) is 0.225. The summed E-state index contributed by atoms with van der Waals surface area (Å²) in [5.74, 6) is -0.393. The molecule has 0 aliphatic heterocycles. The molecule has 202 valence electrons. The molecule has 0 aliphatic rings. The number of amides is 2. The molecule has 0 atom stereocenters. The van der Waals surface area contributed by atoms with Gasteiger partial charge >= 0.3 is 0 Å². The molecular formula is C33H36FN3O2. The average Bonchev–Trinajstić information content (AvgIpc) is 3.38. The molecule has 0 saturated heterocycles. The average molecular weight is 526 g/mol. The molecule has 0 aliphatic carbocycles. The van der Waals surface area contributed by atoms with Gasteiger partial charge in [0.05, 0.1) is 13.1 Å². The Hall–Kier alpha value is -4.19. The van der Waals surface area contributed by atoms with Crippen molar-refractivity contribution in [3.05, 3.63) is 131 Å². The highest BCUT2D eigenvalue weighted by molar-refractivity contribution is 5.85. The van der Waals surface area contributed by atoms with Gasteiger partial charge in [0, 0.05) is 37.4 Å². The minimum Gasteiger partial charge on any atom is -0.345 e. The Morgan fingerprint density at radius 1 is 0.744 bits per heavy atom. The number of nitrogens with zero attached hydrogens (tertiary/aromatic N) is 3. The Balaban J connectivity index is 1.49. The van der Waals surface area contributed by atoms with Crippen molar-refractivity contribution in [2.45, 2.75) is 52.4 Å². The lowest BCUT2D eigenvalue weighted by Crippen LogP contribution is -2.45. The van der Waals surface area contributed by atoms with Gasteiger partial charge < -0.3 is 14.4 Å². The van der Waals surface area contributed by atoms with Crippen LogP contribution in [0.2, 0.25) is 0 Å². The normalized spacial score (nSPS) is 11.0. The zero-order valence-electron chi connectivity index (χ0n) is 22.7. The number of aromatic nitrogens is 1. The Bertz CT molecular complexity index is 1330. The van der Waals surface area contributed by atoms with Gasteiger partial charge in [0.1, 0.15) is 5.82 Å². The molecule has 0 radical (unpaired) electrons. The van der Waals surface area contributed by atoms with E-state index < -0.39 is 0 Å². The van der Waals surface area contributed by atoms with Crippen LogP contribution in [0.5, 0.6) is 0 Å². The van der Waals surface area contributed by atoms with Crippen LogP contribution in [0.1, 0.15) is 42.7 Å². The molecule has 0 N–H and O–H groups in total. The summed E-state index contributed by atoms with van der Waals surface area (Å²) in [6.07, 6.45) is 2.97. The van der Waals surface area contributed by atoms with E-state index >= 15 is 0 Å². The van der Waals surface area contributed by atoms with Crippen LogP contribution in [0.3, 0.4) is 0 Å². The number of halogens is 1. The maximum absolute atomic E-state index is 13.8. The minimum absolute atomic E-state index is 0.0246. The zero-order chi connectivity index (χ0) is 27.6. The van der Waals surface area contributed by atoms with Gasteiger partial charge in [-0.05, 0) is 61.2 Å². The molecule has 0 bridgehead atoms. The van der Waals surface area contributed by atoms with Crippen LogP contribution in [0.15, 0.2) is 103 Å². The van der Waals surface area contributed by atoms with E-state index in [9.17, 15) is 14.0 Å². The van der Waals surface area contributed by atoms with E-state index in [1.807, 2.05) is 97.7 Å². The fourth-order valence-corrected chi connectivity index (χ4v) is 4.61. The standard InChI is InChI=1S/C33H36FN3O2/c1-26(2)37(32(38)20-17-27-10-5-3-6-11-27)25-33(39)36(23-28-12-7-4-8-13-28)24-31-14-9-21-35(31)22-29-15-18-30(34)19-16-29/h3-16,18-19,21,26H,17,20,22-25H2,1-2H3. The van der Waals surface area contributed by atoms with E-state index in [4.69, 9.17) is 0 Å². The van der Waals surface area contributed by atoms with Crippen LogP contribution in [0.25, 0.3) is 0 Å². The van der Waals surface area contributed by atoms with Gasteiger partial charge in [0.15, 0.2) is 0 Å². The molecule has 4 rings (SSSR count). The molecule has 0 fully saturated rings.